The summed E-state index contributed by atoms with van der Waals surface area (Å²) < 4.78 is 32.6. The first-order valence-corrected chi connectivity index (χ1v) is 24.1. The number of carbonyl (C=O) groups excluding carboxylic acids is 2. The molecule has 0 heterocycles. The van der Waals surface area contributed by atoms with E-state index in [2.05, 4.69) is 38.2 Å². The zero-order valence-corrected chi connectivity index (χ0v) is 36.9. The van der Waals surface area contributed by atoms with Gasteiger partial charge in [-0.15, -0.1) is 0 Å². The smallest absolute Gasteiger partial charge is 0.462 e. The summed E-state index contributed by atoms with van der Waals surface area (Å²) in [5, 5.41) is 20.7. The highest BCUT2D eigenvalue weighted by Crippen LogP contribution is 2.43. The Morgan fingerprint density at radius 2 is 1.09 bits per heavy atom. The van der Waals surface area contributed by atoms with Gasteiger partial charge >= 0.3 is 19.8 Å². The van der Waals surface area contributed by atoms with Crippen LogP contribution in [0.1, 0.15) is 194 Å². The van der Waals surface area contributed by atoms with Crippen molar-refractivity contribution in [1.29, 1.82) is 0 Å². The predicted molar refractivity (Wildman–Crippen MR) is 232 cm³/mol. The summed E-state index contributed by atoms with van der Waals surface area (Å²) in [6.07, 6.45) is 37.7. The van der Waals surface area contributed by atoms with E-state index in [-0.39, 0.29) is 51.9 Å². The van der Waals surface area contributed by atoms with Gasteiger partial charge in [0, 0.05) is 19.4 Å². The minimum atomic E-state index is -4.46. The monoisotopic (exact) mass is 830 g/mol. The molecule has 5 N–H and O–H groups in total. The van der Waals surface area contributed by atoms with Crippen molar-refractivity contribution in [2.45, 2.75) is 212 Å². The van der Waals surface area contributed by atoms with Crippen LogP contribution >= 0.6 is 7.82 Å². The van der Waals surface area contributed by atoms with Crippen LogP contribution < -0.4 is 5.73 Å². The number of aliphatic hydroxyl groups is 2. The number of hydrogen-bond acceptors (Lipinski definition) is 10. The first-order chi connectivity index (χ1) is 27.6. The topological polar surface area (TPSA) is 175 Å². The molecule has 11 nitrogen and oxygen atoms in total. The van der Waals surface area contributed by atoms with Gasteiger partial charge in [-0.05, 0) is 51.4 Å². The first kappa shape index (κ1) is 55.2. The number of carbonyl (C=O) groups is 2. The van der Waals surface area contributed by atoms with E-state index >= 15 is 0 Å². The number of hydrogen-bond donors (Lipinski definition) is 4. The first-order valence-electron chi connectivity index (χ1n) is 22.6. The number of unbranched alkanes of at least 4 members (excludes halogenated alkanes) is 19. The van der Waals surface area contributed by atoms with Crippen LogP contribution in [-0.4, -0.2) is 71.7 Å². The van der Waals surface area contributed by atoms with Crippen molar-refractivity contribution < 1.29 is 47.8 Å². The number of nitrogens with two attached hydrogens (primary N) is 1. The van der Waals surface area contributed by atoms with Crippen LogP contribution in [0.4, 0.5) is 0 Å². The average molecular weight is 830 g/mol. The van der Waals surface area contributed by atoms with Crippen LogP contribution in [-0.2, 0) is 32.7 Å². The molecular weight excluding hydrogens is 745 g/mol. The fraction of sp³-hybridized carbons (Fsp3) is 0.822. The summed E-state index contributed by atoms with van der Waals surface area (Å²) in [4.78, 5) is 35.0. The third-order valence-electron chi connectivity index (χ3n) is 9.73. The van der Waals surface area contributed by atoms with Gasteiger partial charge in [-0.3, -0.25) is 18.6 Å². The molecule has 0 amide bonds. The van der Waals surface area contributed by atoms with E-state index in [9.17, 15) is 29.3 Å². The van der Waals surface area contributed by atoms with E-state index in [1.807, 2.05) is 12.2 Å². The molecule has 0 bridgehead atoms. The number of esters is 2. The summed E-state index contributed by atoms with van der Waals surface area (Å²) in [5.74, 6) is -1.11. The molecule has 0 saturated heterocycles. The SMILES string of the molecule is CCCCC/C=C\C/C=C\C/C=C\CC(O)C(O)CCCC(=O)O[C@H](COC(=O)CCCCCCCCCCCCCCCCCCC)COP(=O)(O)OCCN. The maximum absolute atomic E-state index is 12.6. The van der Waals surface area contributed by atoms with Crippen LogP contribution in [0.5, 0.6) is 0 Å². The number of rotatable bonds is 42. The average Bonchev–Trinajstić information content (AvgIpc) is 3.19. The second kappa shape index (κ2) is 40.9. The van der Waals surface area contributed by atoms with Gasteiger partial charge in [0.2, 0.25) is 0 Å². The molecule has 334 valence electrons. The summed E-state index contributed by atoms with van der Waals surface area (Å²) in [6.45, 7) is 3.38. The zero-order chi connectivity index (χ0) is 42.1. The van der Waals surface area contributed by atoms with Crippen molar-refractivity contribution in [2.24, 2.45) is 5.73 Å². The Balaban J connectivity index is 4.35. The Kier molecular flexibility index (Phi) is 39.6. The Morgan fingerprint density at radius 1 is 0.596 bits per heavy atom. The van der Waals surface area contributed by atoms with Crippen LogP contribution in [0.3, 0.4) is 0 Å². The third kappa shape index (κ3) is 39.4. The van der Waals surface area contributed by atoms with Gasteiger partial charge in [-0.1, -0.05) is 166 Å². The molecule has 4 atom stereocenters. The minimum absolute atomic E-state index is 0.00881. The van der Waals surface area contributed by atoms with Crippen molar-refractivity contribution in [3.63, 3.8) is 0 Å². The fourth-order valence-electron chi connectivity index (χ4n) is 6.21. The van der Waals surface area contributed by atoms with Crippen LogP contribution in [0.25, 0.3) is 0 Å². The lowest BCUT2D eigenvalue weighted by molar-refractivity contribution is -0.161. The molecule has 0 aliphatic heterocycles. The van der Waals surface area contributed by atoms with Gasteiger partial charge in [-0.25, -0.2) is 4.57 Å². The molecular formula is C45H84NO10P. The van der Waals surface area contributed by atoms with Gasteiger partial charge < -0.3 is 30.3 Å². The minimum Gasteiger partial charge on any atom is -0.462 e. The summed E-state index contributed by atoms with van der Waals surface area (Å²) in [7, 11) is -4.46. The molecule has 0 aromatic rings. The van der Waals surface area contributed by atoms with Gasteiger partial charge in [-0.2, -0.15) is 0 Å². The van der Waals surface area contributed by atoms with E-state index in [0.29, 0.717) is 6.42 Å². The van der Waals surface area contributed by atoms with Crippen molar-refractivity contribution in [3.8, 4) is 0 Å². The lowest BCUT2D eigenvalue weighted by Crippen LogP contribution is -2.30. The molecule has 57 heavy (non-hydrogen) atoms. The number of allylic oxidation sites excluding steroid dienone is 5. The van der Waals surface area contributed by atoms with Gasteiger partial charge in [0.1, 0.15) is 6.61 Å². The lowest BCUT2D eigenvalue weighted by Gasteiger charge is -2.20. The zero-order valence-electron chi connectivity index (χ0n) is 36.0. The maximum atomic E-state index is 12.6. The number of phosphoric acid groups is 1. The van der Waals surface area contributed by atoms with E-state index in [4.69, 9.17) is 24.3 Å². The molecule has 0 saturated carbocycles. The van der Waals surface area contributed by atoms with Crippen molar-refractivity contribution >= 4 is 19.8 Å². The van der Waals surface area contributed by atoms with Crippen molar-refractivity contribution in [1.82, 2.24) is 0 Å². The summed E-state index contributed by atoms with van der Waals surface area (Å²) in [5.41, 5.74) is 5.33. The van der Waals surface area contributed by atoms with E-state index in [1.54, 1.807) is 0 Å². The molecule has 12 heteroatoms. The highest BCUT2D eigenvalue weighted by Gasteiger charge is 2.26. The molecule has 0 spiro atoms. The highest BCUT2D eigenvalue weighted by molar-refractivity contribution is 7.47. The van der Waals surface area contributed by atoms with Gasteiger partial charge in [0.15, 0.2) is 6.10 Å². The van der Waals surface area contributed by atoms with Gasteiger partial charge in [0.05, 0.1) is 25.4 Å². The number of phosphoric ester groups is 1. The molecule has 0 fully saturated rings. The van der Waals surface area contributed by atoms with Crippen LogP contribution in [0.15, 0.2) is 36.5 Å². The molecule has 0 radical (unpaired) electrons. The van der Waals surface area contributed by atoms with Crippen LogP contribution in [0.2, 0.25) is 0 Å². The quantitative estimate of drug-likeness (QED) is 0.0199. The molecule has 0 aliphatic rings. The Hall–Kier alpha value is -1.85. The molecule has 3 unspecified atom stereocenters. The Morgan fingerprint density at radius 3 is 1.65 bits per heavy atom. The highest BCUT2D eigenvalue weighted by atomic mass is 31.2. The summed E-state index contributed by atoms with van der Waals surface area (Å²) in [6, 6.07) is 0. The number of ether oxygens (including phenoxy) is 2. The molecule has 0 aromatic heterocycles. The molecule has 0 aliphatic carbocycles. The predicted octanol–water partition coefficient (Wildman–Crippen LogP) is 10.9. The fourth-order valence-corrected chi connectivity index (χ4v) is 6.97. The maximum Gasteiger partial charge on any atom is 0.472 e. The van der Waals surface area contributed by atoms with Crippen LogP contribution in [0, 0.1) is 0 Å². The molecule has 0 aromatic carbocycles. The second-order valence-corrected chi connectivity index (χ2v) is 16.7. The Labute approximate surface area is 347 Å². The summed E-state index contributed by atoms with van der Waals surface area (Å²) >= 11 is 0. The van der Waals surface area contributed by atoms with Crippen molar-refractivity contribution in [2.75, 3.05) is 26.4 Å². The van der Waals surface area contributed by atoms with Crippen molar-refractivity contribution in [3.05, 3.63) is 36.5 Å². The lowest BCUT2D eigenvalue weighted by atomic mass is 10.0. The van der Waals surface area contributed by atoms with E-state index in [0.717, 1.165) is 38.5 Å². The largest absolute Gasteiger partial charge is 0.472 e. The van der Waals surface area contributed by atoms with Gasteiger partial charge in [0.25, 0.3) is 0 Å². The van der Waals surface area contributed by atoms with E-state index < -0.39 is 44.7 Å². The Bertz CT molecular complexity index is 1070. The second-order valence-electron chi connectivity index (χ2n) is 15.2. The normalized spacial score (nSPS) is 14.7. The third-order valence-corrected chi connectivity index (χ3v) is 10.7. The molecule has 0 rings (SSSR count). The standard InChI is InChI=1S/C45H84NO10P/c1-3-5-7-9-11-13-15-17-18-19-20-21-23-25-27-29-31-35-44(49)53-39-41(40-55-57(51,52)54-38-37-46)56-45(50)36-32-34-43(48)42(47)33-30-28-26-24-22-16-14-12-10-8-6-4-2/h12,14,22,24,28,30,41-43,47-48H,3-11,13,15-21,23,25-27,29,31-40,46H2,1-2H3,(H,51,52)/b14-12-,24-22-,30-28-/t41-,42?,43?/m1/s1. The van der Waals surface area contributed by atoms with E-state index in [1.165, 1.54) is 103 Å². The number of aliphatic hydroxyl groups excluding tert-OH is 2.